The van der Waals surface area contributed by atoms with Crippen molar-refractivity contribution in [1.82, 2.24) is 9.97 Å². The quantitative estimate of drug-likeness (QED) is 0.270. The summed E-state index contributed by atoms with van der Waals surface area (Å²) in [6.45, 7) is 1.97. The largest absolute Gasteiger partial charge is 0.233 e. The van der Waals surface area contributed by atoms with E-state index in [0.717, 1.165) is 44.7 Å². The first-order valence-electron chi connectivity index (χ1n) is 11.9. The van der Waals surface area contributed by atoms with Gasteiger partial charge in [0.05, 0.1) is 11.2 Å². The van der Waals surface area contributed by atoms with Crippen molar-refractivity contribution in [2.45, 2.75) is 6.92 Å². The van der Waals surface area contributed by atoms with Crippen molar-refractivity contribution in [3.05, 3.63) is 133 Å². The van der Waals surface area contributed by atoms with E-state index in [1.807, 2.05) is 13.0 Å². The Kier molecular flexibility index (Phi) is 5.40. The Balaban J connectivity index is 1.64. The maximum atomic E-state index is 4.93. The summed E-state index contributed by atoms with van der Waals surface area (Å²) in [6.07, 6.45) is 0. The Morgan fingerprint density at radius 2 is 0.971 bits per heavy atom. The van der Waals surface area contributed by atoms with Gasteiger partial charge in [0.25, 0.3) is 0 Å². The zero-order chi connectivity index (χ0) is 23.6. The molecular formula is C33H24N2. The minimum atomic E-state index is 0.771. The summed E-state index contributed by atoms with van der Waals surface area (Å²) in [4.78, 5) is 9.82. The summed E-state index contributed by atoms with van der Waals surface area (Å²) in [7, 11) is 0. The first-order valence-corrected chi connectivity index (χ1v) is 11.9. The molecule has 0 aliphatic rings. The van der Waals surface area contributed by atoms with Gasteiger partial charge in [-0.05, 0) is 52.9 Å². The minimum absolute atomic E-state index is 0.771. The highest BCUT2D eigenvalue weighted by molar-refractivity contribution is 6.03. The molecule has 0 aliphatic carbocycles. The van der Waals surface area contributed by atoms with Gasteiger partial charge in [-0.15, -0.1) is 0 Å². The van der Waals surface area contributed by atoms with E-state index in [-0.39, 0.29) is 0 Å². The van der Waals surface area contributed by atoms with Crippen molar-refractivity contribution in [1.29, 1.82) is 0 Å². The molecule has 6 rings (SSSR count). The van der Waals surface area contributed by atoms with Gasteiger partial charge in [0.2, 0.25) is 0 Å². The lowest BCUT2D eigenvalue weighted by Gasteiger charge is -2.15. The molecule has 1 heterocycles. The number of benzene rings is 5. The van der Waals surface area contributed by atoms with Crippen LogP contribution in [0.2, 0.25) is 0 Å². The van der Waals surface area contributed by atoms with Crippen LogP contribution in [-0.4, -0.2) is 9.97 Å². The molecule has 0 fully saturated rings. The molecule has 0 unspecified atom stereocenters. The highest BCUT2D eigenvalue weighted by Crippen LogP contribution is 2.38. The Morgan fingerprint density at radius 3 is 1.63 bits per heavy atom. The first kappa shape index (κ1) is 21.0. The summed E-state index contributed by atoms with van der Waals surface area (Å²) < 4.78 is 0. The average Bonchev–Trinajstić information content (AvgIpc) is 2.93. The molecule has 0 atom stereocenters. The van der Waals surface area contributed by atoms with Crippen LogP contribution in [0.1, 0.15) is 5.82 Å². The maximum Gasteiger partial charge on any atom is 0.126 e. The molecule has 2 nitrogen and oxygen atoms in total. The Morgan fingerprint density at radius 1 is 0.429 bits per heavy atom. The van der Waals surface area contributed by atoms with Crippen molar-refractivity contribution in [3.8, 4) is 44.6 Å². The van der Waals surface area contributed by atoms with E-state index in [4.69, 9.17) is 9.97 Å². The lowest BCUT2D eigenvalue weighted by atomic mass is 9.92. The molecule has 0 saturated heterocycles. The van der Waals surface area contributed by atoms with E-state index in [2.05, 4.69) is 121 Å². The molecule has 1 aromatic heterocycles. The Bertz CT molecular complexity index is 1620. The molecule has 0 amide bonds. The van der Waals surface area contributed by atoms with Gasteiger partial charge in [-0.3, -0.25) is 0 Å². The number of hydrogen-bond acceptors (Lipinski definition) is 2. The number of aryl methyl sites for hydroxylation is 1. The molecule has 6 aromatic rings. The third-order valence-corrected chi connectivity index (χ3v) is 6.35. The molecule has 0 aliphatic heterocycles. The lowest BCUT2D eigenvalue weighted by Crippen LogP contribution is -1.97. The van der Waals surface area contributed by atoms with Crippen LogP contribution >= 0.6 is 0 Å². The van der Waals surface area contributed by atoms with Gasteiger partial charge in [-0.2, -0.15) is 0 Å². The SMILES string of the molecule is Cc1nc(-c2ccccc2)c2cc(-c3cccc(-c4ccccc4)c3)cc(-c3ccccc3)c2n1. The molecule has 2 heteroatoms. The average molecular weight is 449 g/mol. The third-order valence-electron chi connectivity index (χ3n) is 6.35. The highest BCUT2D eigenvalue weighted by atomic mass is 14.9. The van der Waals surface area contributed by atoms with E-state index in [9.17, 15) is 0 Å². The number of nitrogens with zero attached hydrogens (tertiary/aromatic N) is 2. The fourth-order valence-corrected chi connectivity index (χ4v) is 4.67. The second-order valence-electron chi connectivity index (χ2n) is 8.72. The number of aromatic nitrogens is 2. The van der Waals surface area contributed by atoms with Gasteiger partial charge >= 0.3 is 0 Å². The molecule has 0 saturated carbocycles. The molecule has 0 radical (unpaired) electrons. The van der Waals surface area contributed by atoms with Gasteiger partial charge < -0.3 is 0 Å². The molecule has 166 valence electrons. The van der Waals surface area contributed by atoms with Gasteiger partial charge in [0.1, 0.15) is 5.82 Å². The van der Waals surface area contributed by atoms with Crippen LogP contribution in [0.15, 0.2) is 127 Å². The zero-order valence-corrected chi connectivity index (χ0v) is 19.5. The lowest BCUT2D eigenvalue weighted by molar-refractivity contribution is 1.10. The van der Waals surface area contributed by atoms with Crippen LogP contribution < -0.4 is 0 Å². The molecule has 0 bridgehead atoms. The second kappa shape index (κ2) is 9.00. The van der Waals surface area contributed by atoms with Crippen LogP contribution in [-0.2, 0) is 0 Å². The third kappa shape index (κ3) is 4.11. The predicted molar refractivity (Wildman–Crippen MR) is 146 cm³/mol. The molecule has 5 aromatic carbocycles. The molecule has 0 N–H and O–H groups in total. The van der Waals surface area contributed by atoms with Gasteiger partial charge in [0, 0.05) is 16.5 Å². The van der Waals surface area contributed by atoms with E-state index < -0.39 is 0 Å². The summed E-state index contributed by atoms with van der Waals surface area (Å²) >= 11 is 0. The Hall–Kier alpha value is -4.56. The minimum Gasteiger partial charge on any atom is -0.233 e. The fourth-order valence-electron chi connectivity index (χ4n) is 4.67. The van der Waals surface area contributed by atoms with E-state index in [0.29, 0.717) is 0 Å². The zero-order valence-electron chi connectivity index (χ0n) is 19.5. The maximum absolute atomic E-state index is 4.93. The van der Waals surface area contributed by atoms with Crippen molar-refractivity contribution in [3.63, 3.8) is 0 Å². The van der Waals surface area contributed by atoms with Crippen LogP contribution in [0.25, 0.3) is 55.5 Å². The van der Waals surface area contributed by atoms with Crippen molar-refractivity contribution < 1.29 is 0 Å². The van der Waals surface area contributed by atoms with E-state index in [1.165, 1.54) is 16.7 Å². The van der Waals surface area contributed by atoms with E-state index in [1.54, 1.807) is 0 Å². The number of fused-ring (bicyclic) bond motifs is 1. The fraction of sp³-hybridized carbons (Fsp3) is 0.0303. The van der Waals surface area contributed by atoms with E-state index >= 15 is 0 Å². The predicted octanol–water partition coefficient (Wildman–Crippen LogP) is 8.61. The smallest absolute Gasteiger partial charge is 0.126 e. The van der Waals surface area contributed by atoms with Crippen LogP contribution in [0.4, 0.5) is 0 Å². The number of hydrogen-bond donors (Lipinski definition) is 0. The summed E-state index contributed by atoms with van der Waals surface area (Å²) in [5.41, 5.74) is 10.0. The second-order valence-corrected chi connectivity index (χ2v) is 8.72. The monoisotopic (exact) mass is 448 g/mol. The summed E-state index contributed by atoms with van der Waals surface area (Å²) in [5, 5.41) is 1.06. The highest BCUT2D eigenvalue weighted by Gasteiger charge is 2.15. The van der Waals surface area contributed by atoms with Gasteiger partial charge in [-0.1, -0.05) is 109 Å². The topological polar surface area (TPSA) is 25.8 Å². The van der Waals surface area contributed by atoms with Crippen LogP contribution in [0, 0.1) is 6.92 Å². The standard InChI is InChI=1S/C33H24N2/c1-23-34-32(26-16-9-4-10-17-26)31-22-29(21-30(33(31)35-23)25-14-7-3-8-15-25)28-19-11-18-27(20-28)24-12-5-2-6-13-24/h2-22H,1H3. The summed E-state index contributed by atoms with van der Waals surface area (Å²) in [6, 6.07) is 44.7. The van der Waals surface area contributed by atoms with Gasteiger partial charge in [-0.25, -0.2) is 9.97 Å². The van der Waals surface area contributed by atoms with Crippen LogP contribution in [0.5, 0.6) is 0 Å². The van der Waals surface area contributed by atoms with Crippen molar-refractivity contribution in [2.24, 2.45) is 0 Å². The molecule has 35 heavy (non-hydrogen) atoms. The van der Waals surface area contributed by atoms with Crippen molar-refractivity contribution >= 4 is 10.9 Å². The first-order chi connectivity index (χ1) is 17.3. The van der Waals surface area contributed by atoms with Crippen LogP contribution in [0.3, 0.4) is 0 Å². The number of rotatable bonds is 4. The Labute approximate surface area is 205 Å². The summed E-state index contributed by atoms with van der Waals surface area (Å²) in [5.74, 6) is 0.771. The normalized spacial score (nSPS) is 11.0. The molecular weight excluding hydrogens is 424 g/mol. The molecule has 0 spiro atoms. The van der Waals surface area contributed by atoms with Crippen molar-refractivity contribution in [2.75, 3.05) is 0 Å². The van der Waals surface area contributed by atoms with Gasteiger partial charge in [0.15, 0.2) is 0 Å².